The van der Waals surface area contributed by atoms with Gasteiger partial charge in [-0.2, -0.15) is 5.26 Å². The number of rotatable bonds is 6. The number of nitriles is 1. The molecule has 0 amide bonds. The summed E-state index contributed by atoms with van der Waals surface area (Å²) in [6.45, 7) is 1.94. The van der Waals surface area contributed by atoms with Crippen molar-refractivity contribution in [3.05, 3.63) is 20.8 Å². The van der Waals surface area contributed by atoms with Gasteiger partial charge in [-0.05, 0) is 54.0 Å². The lowest BCUT2D eigenvalue weighted by Crippen LogP contribution is -2.17. The van der Waals surface area contributed by atoms with Gasteiger partial charge in [-0.3, -0.25) is 0 Å². The van der Waals surface area contributed by atoms with Gasteiger partial charge in [0.15, 0.2) is 0 Å². The van der Waals surface area contributed by atoms with Crippen molar-refractivity contribution >= 4 is 27.3 Å². The fourth-order valence-electron chi connectivity index (χ4n) is 1.12. The molecule has 1 heterocycles. The molecule has 0 bridgehead atoms. The third-order valence-corrected chi connectivity index (χ3v) is 3.50. The van der Waals surface area contributed by atoms with Gasteiger partial charge >= 0.3 is 0 Å². The van der Waals surface area contributed by atoms with E-state index in [4.69, 9.17) is 5.26 Å². The van der Waals surface area contributed by atoms with E-state index in [-0.39, 0.29) is 0 Å². The van der Waals surface area contributed by atoms with Crippen molar-refractivity contribution in [3.63, 3.8) is 0 Å². The van der Waals surface area contributed by atoms with Crippen molar-refractivity contribution < 1.29 is 0 Å². The number of unbranched alkanes of at least 4 members (excludes halogenated alkanes) is 1. The number of halogens is 1. The molecule has 1 rings (SSSR count). The quantitative estimate of drug-likeness (QED) is 0.809. The van der Waals surface area contributed by atoms with Crippen LogP contribution in [0, 0.1) is 11.3 Å². The fraction of sp³-hybridized carbons (Fsp3) is 0.500. The predicted molar refractivity (Wildman–Crippen MR) is 63.4 cm³/mol. The van der Waals surface area contributed by atoms with Crippen molar-refractivity contribution in [3.8, 4) is 6.07 Å². The number of nitrogens with zero attached hydrogens (tertiary/aromatic N) is 1. The second kappa shape index (κ2) is 6.99. The van der Waals surface area contributed by atoms with Gasteiger partial charge in [0.1, 0.15) is 0 Å². The minimum absolute atomic E-state index is 0.650. The standard InChI is InChI=1S/C10H13BrN2S/c11-10-4-3-9(14-10)5-8-13-7-2-1-6-12/h3-4,13H,1-2,5,7-8H2. The molecule has 1 N–H and O–H groups in total. The number of nitrogens with one attached hydrogen (secondary N) is 1. The van der Waals surface area contributed by atoms with Crippen molar-refractivity contribution in [1.29, 1.82) is 5.26 Å². The highest BCUT2D eigenvalue weighted by Crippen LogP contribution is 2.21. The van der Waals surface area contributed by atoms with Crippen LogP contribution in [0.3, 0.4) is 0 Å². The maximum absolute atomic E-state index is 8.32. The average Bonchev–Trinajstić information content (AvgIpc) is 2.58. The van der Waals surface area contributed by atoms with Gasteiger partial charge in [-0.25, -0.2) is 0 Å². The normalized spacial score (nSPS) is 10.0. The van der Waals surface area contributed by atoms with Crippen molar-refractivity contribution in [2.24, 2.45) is 0 Å². The monoisotopic (exact) mass is 272 g/mol. The van der Waals surface area contributed by atoms with Gasteiger partial charge in [0, 0.05) is 11.3 Å². The Hall–Kier alpha value is -0.370. The van der Waals surface area contributed by atoms with E-state index < -0.39 is 0 Å². The molecule has 0 atom stereocenters. The lowest BCUT2D eigenvalue weighted by atomic mass is 10.3. The molecular weight excluding hydrogens is 260 g/mol. The van der Waals surface area contributed by atoms with E-state index in [0.717, 1.165) is 25.9 Å². The second-order valence-electron chi connectivity index (χ2n) is 2.97. The summed E-state index contributed by atoms with van der Waals surface area (Å²) in [7, 11) is 0. The Morgan fingerprint density at radius 3 is 2.93 bits per heavy atom. The highest BCUT2D eigenvalue weighted by Gasteiger charge is 1.96. The van der Waals surface area contributed by atoms with Gasteiger partial charge in [0.05, 0.1) is 9.86 Å². The summed E-state index contributed by atoms with van der Waals surface area (Å²) >= 11 is 5.22. The van der Waals surface area contributed by atoms with E-state index in [1.54, 1.807) is 11.3 Å². The fourth-order valence-corrected chi connectivity index (χ4v) is 2.60. The van der Waals surface area contributed by atoms with Crippen LogP contribution >= 0.6 is 27.3 Å². The molecule has 0 radical (unpaired) electrons. The summed E-state index contributed by atoms with van der Waals surface area (Å²) in [5.41, 5.74) is 0. The van der Waals surface area contributed by atoms with Crippen molar-refractivity contribution in [2.75, 3.05) is 13.1 Å². The van der Waals surface area contributed by atoms with Crippen molar-refractivity contribution in [1.82, 2.24) is 5.32 Å². The van der Waals surface area contributed by atoms with Crippen LogP contribution in [0.4, 0.5) is 0 Å². The molecule has 0 spiro atoms. The summed E-state index contributed by atoms with van der Waals surface area (Å²) in [4.78, 5) is 1.39. The molecular formula is C10H13BrN2S. The van der Waals surface area contributed by atoms with Crippen LogP contribution in [-0.2, 0) is 6.42 Å². The van der Waals surface area contributed by atoms with Crippen LogP contribution in [-0.4, -0.2) is 13.1 Å². The summed E-state index contributed by atoms with van der Waals surface area (Å²) in [6.07, 6.45) is 2.67. The van der Waals surface area contributed by atoms with Gasteiger partial charge in [-0.15, -0.1) is 11.3 Å². The Bertz CT molecular complexity index is 303. The minimum Gasteiger partial charge on any atom is -0.316 e. The molecule has 0 saturated carbocycles. The van der Waals surface area contributed by atoms with E-state index >= 15 is 0 Å². The maximum atomic E-state index is 8.32. The molecule has 1 aromatic rings. The second-order valence-corrected chi connectivity index (χ2v) is 5.52. The van der Waals surface area contributed by atoms with Gasteiger partial charge in [-0.1, -0.05) is 0 Å². The van der Waals surface area contributed by atoms with E-state index in [1.165, 1.54) is 8.66 Å². The molecule has 0 aliphatic heterocycles. The molecule has 0 unspecified atom stereocenters. The molecule has 2 nitrogen and oxygen atoms in total. The molecule has 4 heteroatoms. The predicted octanol–water partition coefficient (Wildman–Crippen LogP) is 2.95. The molecule has 0 aromatic carbocycles. The van der Waals surface area contributed by atoms with Crippen molar-refractivity contribution in [2.45, 2.75) is 19.3 Å². The number of hydrogen-bond acceptors (Lipinski definition) is 3. The van der Waals surface area contributed by atoms with E-state index in [2.05, 4.69) is 39.4 Å². The summed E-state index contributed by atoms with van der Waals surface area (Å²) in [5, 5.41) is 11.6. The molecule has 1 aromatic heterocycles. The third-order valence-electron chi connectivity index (χ3n) is 1.82. The molecule has 0 saturated heterocycles. The Morgan fingerprint density at radius 1 is 1.43 bits per heavy atom. The van der Waals surface area contributed by atoms with Crippen LogP contribution in [0.1, 0.15) is 17.7 Å². The topological polar surface area (TPSA) is 35.8 Å². The largest absolute Gasteiger partial charge is 0.316 e. The molecule has 14 heavy (non-hydrogen) atoms. The first-order chi connectivity index (χ1) is 6.83. The van der Waals surface area contributed by atoms with Gasteiger partial charge in [0.25, 0.3) is 0 Å². The van der Waals surface area contributed by atoms with Crippen LogP contribution in [0.2, 0.25) is 0 Å². The van der Waals surface area contributed by atoms with Crippen LogP contribution < -0.4 is 5.32 Å². The van der Waals surface area contributed by atoms with E-state index in [9.17, 15) is 0 Å². The third kappa shape index (κ3) is 4.75. The molecule has 0 fully saturated rings. The zero-order chi connectivity index (χ0) is 10.2. The lowest BCUT2D eigenvalue weighted by molar-refractivity contribution is 0.657. The zero-order valence-electron chi connectivity index (χ0n) is 7.92. The van der Waals surface area contributed by atoms with Crippen LogP contribution in [0.25, 0.3) is 0 Å². The van der Waals surface area contributed by atoms with E-state index in [0.29, 0.717) is 6.42 Å². The highest BCUT2D eigenvalue weighted by molar-refractivity contribution is 9.11. The zero-order valence-corrected chi connectivity index (χ0v) is 10.3. The summed E-state index contributed by atoms with van der Waals surface area (Å²) in [5.74, 6) is 0. The first kappa shape index (κ1) is 11.7. The maximum Gasteiger partial charge on any atom is 0.0701 e. The Balaban J connectivity index is 2.02. The Morgan fingerprint density at radius 2 is 2.29 bits per heavy atom. The minimum atomic E-state index is 0.650. The highest BCUT2D eigenvalue weighted by atomic mass is 79.9. The number of thiophene rings is 1. The molecule has 0 aliphatic rings. The van der Waals surface area contributed by atoms with Crippen LogP contribution in [0.15, 0.2) is 15.9 Å². The first-order valence-electron chi connectivity index (χ1n) is 4.65. The Labute approximate surface area is 97.1 Å². The summed E-state index contributed by atoms with van der Waals surface area (Å²) in [6, 6.07) is 6.36. The number of hydrogen-bond donors (Lipinski definition) is 1. The average molecular weight is 273 g/mol. The van der Waals surface area contributed by atoms with Gasteiger partial charge in [0.2, 0.25) is 0 Å². The lowest BCUT2D eigenvalue weighted by Gasteiger charge is -2.00. The van der Waals surface area contributed by atoms with E-state index in [1.807, 2.05) is 0 Å². The first-order valence-corrected chi connectivity index (χ1v) is 6.26. The molecule has 0 aliphatic carbocycles. The SMILES string of the molecule is N#CCCCNCCc1ccc(Br)s1. The Kier molecular flexibility index (Phi) is 5.85. The van der Waals surface area contributed by atoms with Crippen LogP contribution in [0.5, 0.6) is 0 Å². The van der Waals surface area contributed by atoms with Gasteiger partial charge < -0.3 is 5.32 Å². The molecule has 76 valence electrons. The smallest absolute Gasteiger partial charge is 0.0701 e. The summed E-state index contributed by atoms with van der Waals surface area (Å²) < 4.78 is 1.19.